The molecule has 0 N–H and O–H groups in total. The zero-order chi connectivity index (χ0) is 16.2. The molecule has 3 nitrogen and oxygen atoms in total. The van der Waals surface area contributed by atoms with Crippen LogP contribution in [0.15, 0.2) is 71.0 Å². The molecule has 0 aliphatic rings. The average molecular weight is 333 g/mol. The van der Waals surface area contributed by atoms with Gasteiger partial charge in [0.2, 0.25) is 0 Å². The van der Waals surface area contributed by atoms with Crippen LogP contribution in [0.4, 0.5) is 5.69 Å². The van der Waals surface area contributed by atoms with Crippen molar-refractivity contribution in [3.05, 3.63) is 66.7 Å². The van der Waals surface area contributed by atoms with Crippen LogP contribution in [0.2, 0.25) is 0 Å². The molecule has 0 fully saturated rings. The van der Waals surface area contributed by atoms with Gasteiger partial charge in [0, 0.05) is 4.90 Å². The van der Waals surface area contributed by atoms with Gasteiger partial charge in [-0.15, -0.1) is 18.3 Å². The fourth-order valence-corrected chi connectivity index (χ4v) is 3.95. The van der Waals surface area contributed by atoms with Crippen LogP contribution in [-0.4, -0.2) is 21.2 Å². The van der Waals surface area contributed by atoms with Crippen molar-refractivity contribution in [3.63, 3.8) is 0 Å². The van der Waals surface area contributed by atoms with Crippen molar-refractivity contribution in [1.29, 1.82) is 0 Å². The minimum atomic E-state index is -3.61. The monoisotopic (exact) mass is 333 g/mol. The second kappa shape index (κ2) is 7.03. The van der Waals surface area contributed by atoms with Crippen molar-refractivity contribution in [2.75, 3.05) is 17.1 Å². The molecular weight excluding hydrogens is 314 g/mol. The zero-order valence-corrected chi connectivity index (χ0v) is 14.3. The number of anilines is 1. The highest BCUT2D eigenvalue weighted by Crippen LogP contribution is 2.26. The lowest BCUT2D eigenvalue weighted by Crippen LogP contribution is -2.31. The number of aryl methyl sites for hydroxylation is 1. The molecule has 0 heterocycles. The quantitative estimate of drug-likeness (QED) is 0.590. The summed E-state index contributed by atoms with van der Waals surface area (Å²) < 4.78 is 27.2. The fraction of sp³-hybridized carbons (Fsp3) is 0.176. The van der Waals surface area contributed by atoms with E-state index in [1.165, 1.54) is 4.31 Å². The van der Waals surface area contributed by atoms with E-state index < -0.39 is 10.0 Å². The van der Waals surface area contributed by atoms with Gasteiger partial charge in [0.25, 0.3) is 10.0 Å². The summed E-state index contributed by atoms with van der Waals surface area (Å²) in [5, 5.41) is 0. The number of hydrogen-bond acceptors (Lipinski definition) is 3. The van der Waals surface area contributed by atoms with Crippen LogP contribution >= 0.6 is 11.8 Å². The summed E-state index contributed by atoms with van der Waals surface area (Å²) >= 11 is 1.58. The third-order valence-electron chi connectivity index (χ3n) is 3.23. The molecule has 0 spiro atoms. The SMILES string of the molecule is C=CCN(c1cccc(C)c1)S(=O)(=O)c1ccc(SC)cc1. The van der Waals surface area contributed by atoms with Crippen molar-refractivity contribution in [3.8, 4) is 0 Å². The first kappa shape index (κ1) is 16.6. The molecule has 0 aliphatic heterocycles. The Bertz CT molecular complexity index is 752. The first-order valence-electron chi connectivity index (χ1n) is 6.83. The lowest BCUT2D eigenvalue weighted by molar-refractivity contribution is 0.593. The molecule has 2 aromatic carbocycles. The van der Waals surface area contributed by atoms with Gasteiger partial charge >= 0.3 is 0 Å². The van der Waals surface area contributed by atoms with Gasteiger partial charge in [0.05, 0.1) is 17.1 Å². The lowest BCUT2D eigenvalue weighted by atomic mass is 10.2. The Balaban J connectivity index is 2.47. The van der Waals surface area contributed by atoms with Crippen molar-refractivity contribution in [2.24, 2.45) is 0 Å². The van der Waals surface area contributed by atoms with Crippen LogP contribution in [0.3, 0.4) is 0 Å². The minimum Gasteiger partial charge on any atom is -0.263 e. The molecular formula is C17H19NO2S2. The largest absolute Gasteiger partial charge is 0.264 e. The van der Waals surface area contributed by atoms with Gasteiger partial charge < -0.3 is 0 Å². The van der Waals surface area contributed by atoms with Crippen molar-refractivity contribution in [2.45, 2.75) is 16.7 Å². The van der Waals surface area contributed by atoms with E-state index in [-0.39, 0.29) is 11.4 Å². The number of hydrogen-bond donors (Lipinski definition) is 0. The topological polar surface area (TPSA) is 37.4 Å². The second-order valence-electron chi connectivity index (χ2n) is 4.84. The summed E-state index contributed by atoms with van der Waals surface area (Å²) in [5.74, 6) is 0. The number of sulfonamides is 1. The summed E-state index contributed by atoms with van der Waals surface area (Å²) in [6, 6.07) is 14.4. The number of benzene rings is 2. The first-order valence-corrected chi connectivity index (χ1v) is 9.50. The molecule has 2 rings (SSSR count). The summed E-state index contributed by atoms with van der Waals surface area (Å²) in [6.07, 6.45) is 3.55. The summed E-state index contributed by atoms with van der Waals surface area (Å²) in [6.45, 7) is 5.85. The van der Waals surface area contributed by atoms with Crippen molar-refractivity contribution >= 4 is 27.5 Å². The van der Waals surface area contributed by atoms with Gasteiger partial charge in [-0.2, -0.15) is 0 Å². The van der Waals surface area contributed by atoms with Gasteiger partial charge in [-0.1, -0.05) is 18.2 Å². The Labute approximate surface area is 136 Å². The standard InChI is InChI=1S/C17H19NO2S2/c1-4-12-18(15-7-5-6-14(2)13-15)22(19,20)17-10-8-16(21-3)9-11-17/h4-11,13H,1,12H2,2-3H3. The van der Waals surface area contributed by atoms with Gasteiger partial charge in [0.1, 0.15) is 0 Å². The minimum absolute atomic E-state index is 0.232. The van der Waals surface area contributed by atoms with E-state index in [0.717, 1.165) is 10.5 Å². The highest BCUT2D eigenvalue weighted by molar-refractivity contribution is 7.98. The second-order valence-corrected chi connectivity index (χ2v) is 7.58. The predicted molar refractivity (Wildman–Crippen MR) is 94.1 cm³/mol. The van der Waals surface area contributed by atoms with Crippen LogP contribution in [0.1, 0.15) is 5.56 Å². The predicted octanol–water partition coefficient (Wildman–Crippen LogP) is 4.10. The van der Waals surface area contributed by atoms with E-state index in [4.69, 9.17) is 0 Å². The molecule has 0 radical (unpaired) electrons. The molecule has 2 aromatic rings. The Kier molecular flexibility index (Phi) is 5.32. The molecule has 0 atom stereocenters. The Hall–Kier alpha value is -1.72. The molecule has 22 heavy (non-hydrogen) atoms. The van der Waals surface area contributed by atoms with E-state index >= 15 is 0 Å². The van der Waals surface area contributed by atoms with Gasteiger partial charge in [-0.3, -0.25) is 4.31 Å². The summed E-state index contributed by atoms with van der Waals surface area (Å²) in [7, 11) is -3.61. The van der Waals surface area contributed by atoms with E-state index in [2.05, 4.69) is 6.58 Å². The molecule has 0 aromatic heterocycles. The number of nitrogens with zero attached hydrogens (tertiary/aromatic N) is 1. The Morgan fingerprint density at radius 3 is 2.41 bits per heavy atom. The average Bonchev–Trinajstić information content (AvgIpc) is 2.52. The molecule has 116 valence electrons. The molecule has 0 bridgehead atoms. The molecule has 0 saturated carbocycles. The molecule has 0 aliphatic carbocycles. The van der Waals surface area contributed by atoms with Crippen molar-refractivity contribution in [1.82, 2.24) is 0 Å². The molecule has 0 unspecified atom stereocenters. The van der Waals surface area contributed by atoms with Crippen LogP contribution in [-0.2, 0) is 10.0 Å². The van der Waals surface area contributed by atoms with Crippen LogP contribution < -0.4 is 4.31 Å². The third kappa shape index (κ3) is 3.54. The van der Waals surface area contributed by atoms with E-state index in [1.54, 1.807) is 36.0 Å². The number of thioether (sulfide) groups is 1. The zero-order valence-electron chi connectivity index (χ0n) is 12.7. The maximum absolute atomic E-state index is 12.9. The molecule has 0 amide bonds. The summed E-state index contributed by atoms with van der Waals surface area (Å²) in [4.78, 5) is 1.32. The van der Waals surface area contributed by atoms with Crippen molar-refractivity contribution < 1.29 is 8.42 Å². The normalized spacial score (nSPS) is 11.2. The third-order valence-corrected chi connectivity index (χ3v) is 5.78. The number of rotatable bonds is 6. The highest BCUT2D eigenvalue weighted by Gasteiger charge is 2.23. The maximum Gasteiger partial charge on any atom is 0.264 e. The van der Waals surface area contributed by atoms with Crippen LogP contribution in [0, 0.1) is 6.92 Å². The van der Waals surface area contributed by atoms with Crippen LogP contribution in [0.5, 0.6) is 0 Å². The van der Waals surface area contributed by atoms with E-state index in [9.17, 15) is 8.42 Å². The lowest BCUT2D eigenvalue weighted by Gasteiger charge is -2.23. The van der Waals surface area contributed by atoms with E-state index in [0.29, 0.717) is 5.69 Å². The first-order chi connectivity index (χ1) is 10.5. The van der Waals surface area contributed by atoms with Gasteiger partial charge in [0.15, 0.2) is 0 Å². The van der Waals surface area contributed by atoms with Gasteiger partial charge in [-0.25, -0.2) is 8.42 Å². The highest BCUT2D eigenvalue weighted by atomic mass is 32.2. The molecule has 0 saturated heterocycles. The van der Waals surface area contributed by atoms with Crippen LogP contribution in [0.25, 0.3) is 0 Å². The fourth-order valence-electron chi connectivity index (χ4n) is 2.12. The Morgan fingerprint density at radius 2 is 1.86 bits per heavy atom. The summed E-state index contributed by atoms with van der Waals surface area (Å²) in [5.41, 5.74) is 1.66. The Morgan fingerprint density at radius 1 is 1.18 bits per heavy atom. The maximum atomic E-state index is 12.9. The van der Waals surface area contributed by atoms with Gasteiger partial charge in [-0.05, 0) is 55.1 Å². The molecule has 5 heteroatoms. The van der Waals surface area contributed by atoms with E-state index in [1.807, 2.05) is 43.5 Å². The smallest absolute Gasteiger partial charge is 0.263 e.